The van der Waals surface area contributed by atoms with Crippen molar-refractivity contribution in [2.45, 2.75) is 37.9 Å². The van der Waals surface area contributed by atoms with Crippen LogP contribution in [0.3, 0.4) is 0 Å². The molecule has 1 spiro atoms. The molecule has 3 fully saturated rings. The number of rotatable bonds is 3. The fourth-order valence-corrected chi connectivity index (χ4v) is 5.18. The van der Waals surface area contributed by atoms with Crippen molar-refractivity contribution in [3.05, 3.63) is 54.0 Å². The molecule has 2 heterocycles. The SMILES string of the molecule is O=C1N[C@@]2(C[C@H]3CC[C@@H]2C[C@@H]3C(=O)NCc2ccco2)Nc2ccccc21. The van der Waals surface area contributed by atoms with E-state index in [0.29, 0.717) is 12.1 Å². The first-order chi connectivity index (χ1) is 13.1. The van der Waals surface area contributed by atoms with Crippen LogP contribution in [-0.2, 0) is 11.3 Å². The van der Waals surface area contributed by atoms with Crippen LogP contribution in [0, 0.1) is 17.8 Å². The number of carbonyl (C=O) groups excluding carboxylic acids is 2. The zero-order valence-corrected chi connectivity index (χ0v) is 15.0. The maximum Gasteiger partial charge on any atom is 0.255 e. The number of amides is 2. The Bertz CT molecular complexity index is 879. The van der Waals surface area contributed by atoms with Crippen molar-refractivity contribution in [3.8, 4) is 0 Å². The fourth-order valence-electron chi connectivity index (χ4n) is 5.18. The zero-order chi connectivity index (χ0) is 18.4. The minimum atomic E-state index is -0.424. The standard InChI is InChI=1S/C21H23N3O3/c25-19(22-12-15-4-3-9-27-15)17-10-14-8-7-13(17)11-21(14)23-18-6-2-1-5-16(18)20(26)24-21/h1-6,9,13-14,17,23H,7-8,10-12H2,(H,22,25)(H,24,26)/t13-,14-,17+,21-/m1/s1. The number of furan rings is 1. The van der Waals surface area contributed by atoms with Gasteiger partial charge in [-0.05, 0) is 55.9 Å². The molecular formula is C21H23N3O3. The molecule has 4 atom stereocenters. The second kappa shape index (κ2) is 6.15. The summed E-state index contributed by atoms with van der Waals surface area (Å²) in [6, 6.07) is 11.3. The summed E-state index contributed by atoms with van der Waals surface area (Å²) in [6.07, 6.45) is 5.26. The average molecular weight is 365 g/mol. The average Bonchev–Trinajstić information content (AvgIpc) is 3.20. The predicted molar refractivity (Wildman–Crippen MR) is 99.8 cm³/mol. The highest BCUT2D eigenvalue weighted by Gasteiger charge is 2.55. The van der Waals surface area contributed by atoms with E-state index < -0.39 is 5.66 Å². The Labute approximate surface area is 157 Å². The van der Waals surface area contributed by atoms with Crippen molar-refractivity contribution in [2.24, 2.45) is 17.8 Å². The highest BCUT2D eigenvalue weighted by atomic mass is 16.3. The third kappa shape index (κ3) is 2.71. The van der Waals surface area contributed by atoms with Gasteiger partial charge in [0.2, 0.25) is 5.91 Å². The van der Waals surface area contributed by atoms with Gasteiger partial charge in [-0.25, -0.2) is 0 Å². The molecule has 1 aromatic heterocycles. The smallest absolute Gasteiger partial charge is 0.255 e. The summed E-state index contributed by atoms with van der Waals surface area (Å²) in [5.41, 5.74) is 1.16. The molecule has 0 saturated heterocycles. The lowest BCUT2D eigenvalue weighted by Gasteiger charge is -2.56. The van der Waals surface area contributed by atoms with Gasteiger partial charge in [-0.15, -0.1) is 0 Å². The molecule has 4 aliphatic rings. The zero-order valence-electron chi connectivity index (χ0n) is 15.0. The van der Waals surface area contributed by atoms with Gasteiger partial charge in [0.05, 0.1) is 18.4 Å². The van der Waals surface area contributed by atoms with Crippen LogP contribution in [0.15, 0.2) is 47.1 Å². The molecule has 1 aromatic carbocycles. The summed E-state index contributed by atoms with van der Waals surface area (Å²) in [5, 5.41) is 9.86. The first-order valence-electron chi connectivity index (χ1n) is 9.64. The summed E-state index contributed by atoms with van der Waals surface area (Å²) in [5.74, 6) is 1.36. The Kier molecular flexibility index (Phi) is 3.74. The van der Waals surface area contributed by atoms with Crippen LogP contribution in [0.1, 0.15) is 41.8 Å². The lowest BCUT2D eigenvalue weighted by molar-refractivity contribution is -0.132. The number of para-hydroxylation sites is 1. The van der Waals surface area contributed by atoms with Crippen molar-refractivity contribution < 1.29 is 14.0 Å². The number of hydrogen-bond donors (Lipinski definition) is 3. The van der Waals surface area contributed by atoms with Crippen molar-refractivity contribution in [2.75, 3.05) is 5.32 Å². The summed E-state index contributed by atoms with van der Waals surface area (Å²) >= 11 is 0. The molecule has 6 nitrogen and oxygen atoms in total. The lowest BCUT2D eigenvalue weighted by atomic mass is 9.58. The molecule has 6 rings (SSSR count). The number of fused-ring (bicyclic) bond motifs is 3. The first kappa shape index (κ1) is 16.4. The van der Waals surface area contributed by atoms with Gasteiger partial charge in [-0.3, -0.25) is 9.59 Å². The molecule has 0 unspecified atom stereocenters. The Balaban J connectivity index is 1.32. The van der Waals surface area contributed by atoms with Crippen molar-refractivity contribution in [3.63, 3.8) is 0 Å². The minimum absolute atomic E-state index is 0.000194. The summed E-state index contributed by atoms with van der Waals surface area (Å²) < 4.78 is 5.30. The molecule has 3 aliphatic carbocycles. The molecule has 140 valence electrons. The maximum absolute atomic E-state index is 12.8. The van der Waals surface area contributed by atoms with E-state index in [1.165, 1.54) is 0 Å². The second-order valence-electron chi connectivity index (χ2n) is 7.97. The van der Waals surface area contributed by atoms with Gasteiger partial charge >= 0.3 is 0 Å². The normalized spacial score (nSPS) is 31.1. The number of benzene rings is 1. The van der Waals surface area contributed by atoms with Gasteiger partial charge in [-0.2, -0.15) is 0 Å². The van der Waals surface area contributed by atoms with E-state index in [1.54, 1.807) is 6.26 Å². The molecule has 3 saturated carbocycles. The summed E-state index contributed by atoms with van der Waals surface area (Å²) in [7, 11) is 0. The second-order valence-corrected chi connectivity index (χ2v) is 7.97. The monoisotopic (exact) mass is 365 g/mol. The first-order valence-corrected chi connectivity index (χ1v) is 9.64. The van der Waals surface area contributed by atoms with Gasteiger partial charge in [-0.1, -0.05) is 12.1 Å². The van der Waals surface area contributed by atoms with Crippen LogP contribution in [0.25, 0.3) is 0 Å². The van der Waals surface area contributed by atoms with Gasteiger partial charge < -0.3 is 20.4 Å². The van der Waals surface area contributed by atoms with Crippen LogP contribution in [0.5, 0.6) is 0 Å². The van der Waals surface area contributed by atoms with E-state index in [4.69, 9.17) is 4.42 Å². The quantitative estimate of drug-likeness (QED) is 0.781. The Hall–Kier alpha value is -2.76. The molecule has 2 aromatic rings. The third-order valence-corrected chi connectivity index (χ3v) is 6.49. The van der Waals surface area contributed by atoms with Crippen LogP contribution in [-0.4, -0.2) is 17.5 Å². The van der Waals surface area contributed by atoms with E-state index in [0.717, 1.165) is 37.1 Å². The largest absolute Gasteiger partial charge is 0.467 e. The van der Waals surface area contributed by atoms with Crippen LogP contribution in [0.4, 0.5) is 5.69 Å². The van der Waals surface area contributed by atoms with Crippen LogP contribution >= 0.6 is 0 Å². The van der Waals surface area contributed by atoms with Gasteiger partial charge in [0.1, 0.15) is 11.4 Å². The third-order valence-electron chi connectivity index (χ3n) is 6.49. The van der Waals surface area contributed by atoms with E-state index in [-0.39, 0.29) is 29.6 Å². The highest BCUT2D eigenvalue weighted by Crippen LogP contribution is 2.51. The Morgan fingerprint density at radius 2 is 2.07 bits per heavy atom. The molecule has 0 radical (unpaired) electrons. The predicted octanol–water partition coefficient (Wildman–Crippen LogP) is 2.88. The number of anilines is 1. The topological polar surface area (TPSA) is 83.4 Å². The van der Waals surface area contributed by atoms with E-state index >= 15 is 0 Å². The highest BCUT2D eigenvalue weighted by molar-refractivity contribution is 6.02. The van der Waals surface area contributed by atoms with Gasteiger partial charge in [0, 0.05) is 17.5 Å². The van der Waals surface area contributed by atoms with E-state index in [1.807, 2.05) is 36.4 Å². The minimum Gasteiger partial charge on any atom is -0.467 e. The molecule has 2 amide bonds. The molecule has 3 N–H and O–H groups in total. The van der Waals surface area contributed by atoms with Crippen LogP contribution in [0.2, 0.25) is 0 Å². The number of carbonyl (C=O) groups is 2. The van der Waals surface area contributed by atoms with E-state index in [9.17, 15) is 9.59 Å². The van der Waals surface area contributed by atoms with Crippen LogP contribution < -0.4 is 16.0 Å². The summed E-state index contributed by atoms with van der Waals surface area (Å²) in [4.78, 5) is 25.4. The molecule has 6 heteroatoms. The molecule has 27 heavy (non-hydrogen) atoms. The molecule has 2 bridgehead atoms. The van der Waals surface area contributed by atoms with Gasteiger partial charge in [0.25, 0.3) is 5.91 Å². The van der Waals surface area contributed by atoms with E-state index in [2.05, 4.69) is 16.0 Å². The summed E-state index contributed by atoms with van der Waals surface area (Å²) in [6.45, 7) is 0.424. The Morgan fingerprint density at radius 1 is 1.19 bits per heavy atom. The van der Waals surface area contributed by atoms with Crippen molar-refractivity contribution in [1.29, 1.82) is 0 Å². The lowest BCUT2D eigenvalue weighted by Crippen LogP contribution is -2.68. The number of hydrogen-bond acceptors (Lipinski definition) is 4. The van der Waals surface area contributed by atoms with Gasteiger partial charge in [0.15, 0.2) is 0 Å². The molecule has 1 aliphatic heterocycles. The Morgan fingerprint density at radius 3 is 2.85 bits per heavy atom. The van der Waals surface area contributed by atoms with Crippen molar-refractivity contribution >= 4 is 17.5 Å². The maximum atomic E-state index is 12.8. The molecular weight excluding hydrogens is 342 g/mol. The number of nitrogens with one attached hydrogen (secondary N) is 3. The van der Waals surface area contributed by atoms with Crippen molar-refractivity contribution in [1.82, 2.24) is 10.6 Å². The fraction of sp³-hybridized carbons (Fsp3) is 0.429.